The van der Waals surface area contributed by atoms with Crippen molar-refractivity contribution in [3.63, 3.8) is 0 Å². The molecule has 6 nitrogen and oxygen atoms in total. The molecule has 1 aliphatic heterocycles. The fourth-order valence-corrected chi connectivity index (χ4v) is 4.22. The third kappa shape index (κ3) is 6.13. The van der Waals surface area contributed by atoms with Crippen molar-refractivity contribution in [2.45, 2.75) is 30.9 Å². The third-order valence-electron chi connectivity index (χ3n) is 5.43. The highest BCUT2D eigenvalue weighted by Crippen LogP contribution is 2.32. The first-order chi connectivity index (χ1) is 15.2. The first-order valence-corrected chi connectivity index (χ1v) is 11.6. The number of piperazine rings is 1. The Morgan fingerprint density at radius 3 is 2.25 bits per heavy atom. The van der Waals surface area contributed by atoms with Crippen molar-refractivity contribution in [2.24, 2.45) is 0 Å². The van der Waals surface area contributed by atoms with E-state index < -0.39 is 11.9 Å². The Bertz CT molecular complexity index is 911. The van der Waals surface area contributed by atoms with Gasteiger partial charge in [0.25, 0.3) is 5.91 Å². The lowest BCUT2D eigenvalue weighted by Crippen LogP contribution is -2.47. The van der Waals surface area contributed by atoms with Gasteiger partial charge in [-0.1, -0.05) is 23.9 Å². The molecule has 0 unspecified atom stereocenters. The highest BCUT2D eigenvalue weighted by Gasteiger charge is 2.34. The lowest BCUT2D eigenvalue weighted by Gasteiger charge is -2.32. The van der Waals surface area contributed by atoms with Gasteiger partial charge in [-0.25, -0.2) is 9.97 Å². The Morgan fingerprint density at radius 2 is 1.69 bits per heavy atom. The minimum Gasteiger partial charge on any atom is -0.357 e. The lowest BCUT2D eigenvalue weighted by atomic mass is 10.1. The Labute approximate surface area is 190 Å². The van der Waals surface area contributed by atoms with E-state index in [4.69, 9.17) is 0 Å². The van der Waals surface area contributed by atoms with Crippen molar-refractivity contribution in [2.75, 3.05) is 51.2 Å². The number of hydrogen-bond acceptors (Lipinski definition) is 6. The molecule has 10 heteroatoms. The van der Waals surface area contributed by atoms with Crippen LogP contribution in [0.3, 0.4) is 0 Å². The summed E-state index contributed by atoms with van der Waals surface area (Å²) in [6.45, 7) is 7.96. The van der Waals surface area contributed by atoms with Crippen LogP contribution in [-0.2, 0) is 11.9 Å². The number of halogens is 3. The number of nitrogens with zero attached hydrogens (tertiary/aromatic N) is 5. The molecule has 174 valence electrons. The molecule has 0 radical (unpaired) electrons. The molecule has 1 amide bonds. The monoisotopic (exact) mass is 467 g/mol. The molecule has 2 aromatic rings. The highest BCUT2D eigenvalue weighted by molar-refractivity contribution is 7.98. The second kappa shape index (κ2) is 10.5. The molecule has 3 rings (SSSR count). The first kappa shape index (κ1) is 24.3. The molecular weight excluding hydrogens is 439 g/mol. The Morgan fingerprint density at radius 1 is 1.06 bits per heavy atom. The average molecular weight is 468 g/mol. The maximum atomic E-state index is 13.3. The van der Waals surface area contributed by atoms with Crippen LogP contribution in [0.2, 0.25) is 0 Å². The number of aromatic nitrogens is 2. The van der Waals surface area contributed by atoms with Gasteiger partial charge >= 0.3 is 6.18 Å². The van der Waals surface area contributed by atoms with Crippen molar-refractivity contribution in [1.29, 1.82) is 0 Å². The molecule has 0 saturated carbocycles. The van der Waals surface area contributed by atoms with Crippen LogP contribution in [0.1, 0.15) is 35.5 Å². The largest absolute Gasteiger partial charge is 0.433 e. The van der Waals surface area contributed by atoms with Crippen molar-refractivity contribution >= 4 is 23.5 Å². The number of alkyl halides is 3. The number of thioether (sulfide) groups is 1. The predicted octanol–water partition coefficient (Wildman–Crippen LogP) is 4.02. The number of hydrogen-bond donors (Lipinski definition) is 0. The molecule has 0 atom stereocenters. The van der Waals surface area contributed by atoms with Gasteiger partial charge < -0.3 is 14.7 Å². The summed E-state index contributed by atoms with van der Waals surface area (Å²) in [5.74, 6) is 0.678. The van der Waals surface area contributed by atoms with Crippen LogP contribution in [0.25, 0.3) is 0 Å². The van der Waals surface area contributed by atoms with E-state index in [-0.39, 0.29) is 16.9 Å². The Hall–Kier alpha value is -2.33. The van der Waals surface area contributed by atoms with Crippen molar-refractivity contribution < 1.29 is 18.0 Å². The van der Waals surface area contributed by atoms with Crippen molar-refractivity contribution in [3.05, 3.63) is 47.2 Å². The summed E-state index contributed by atoms with van der Waals surface area (Å²) in [7, 11) is 2.04. The molecule has 1 aromatic carbocycles. The molecule has 2 heterocycles. The molecule has 0 bridgehead atoms. The number of benzene rings is 1. The van der Waals surface area contributed by atoms with Crippen LogP contribution in [0.5, 0.6) is 0 Å². The zero-order chi connectivity index (χ0) is 23.3. The Kier molecular flexibility index (Phi) is 8.00. The minimum atomic E-state index is -4.54. The van der Waals surface area contributed by atoms with Crippen LogP contribution in [0, 0.1) is 0 Å². The van der Waals surface area contributed by atoms with Gasteiger partial charge in [0.1, 0.15) is 5.82 Å². The van der Waals surface area contributed by atoms with Gasteiger partial charge in [0.2, 0.25) is 0 Å². The maximum Gasteiger partial charge on any atom is 0.433 e. The van der Waals surface area contributed by atoms with E-state index in [0.29, 0.717) is 37.5 Å². The third-order valence-corrected chi connectivity index (χ3v) is 6.35. The van der Waals surface area contributed by atoms with E-state index in [1.165, 1.54) is 0 Å². The summed E-state index contributed by atoms with van der Waals surface area (Å²) in [5, 5.41) is 0.0827. The van der Waals surface area contributed by atoms with Gasteiger partial charge in [-0.3, -0.25) is 4.79 Å². The standard InChI is InChI=1S/C22H28F3N5OS/c1-4-29(5-2)19-14-18(22(23,24)25)26-21(27-19)32-15-16-6-8-17(9-7-16)20(31)30-12-10-28(3)11-13-30/h6-9,14H,4-5,10-13,15H2,1-3H3. The zero-order valence-corrected chi connectivity index (χ0v) is 19.3. The summed E-state index contributed by atoms with van der Waals surface area (Å²) in [6, 6.07) is 8.19. The van der Waals surface area contributed by atoms with Crippen LogP contribution in [-0.4, -0.2) is 72.0 Å². The summed E-state index contributed by atoms with van der Waals surface area (Å²) in [4.78, 5) is 26.5. The Balaban J connectivity index is 1.69. The van der Waals surface area contributed by atoms with Crippen molar-refractivity contribution in [3.8, 4) is 0 Å². The molecule has 0 spiro atoms. The second-order valence-electron chi connectivity index (χ2n) is 7.65. The zero-order valence-electron chi connectivity index (χ0n) is 18.5. The molecule has 1 fully saturated rings. The minimum absolute atomic E-state index is 0.00220. The number of carbonyl (C=O) groups excluding carboxylic acids is 1. The molecule has 0 aliphatic carbocycles. The summed E-state index contributed by atoms with van der Waals surface area (Å²) in [6.07, 6.45) is -4.54. The molecule has 0 N–H and O–H groups in total. The molecule has 1 saturated heterocycles. The maximum absolute atomic E-state index is 13.3. The quantitative estimate of drug-likeness (QED) is 0.453. The smallest absolute Gasteiger partial charge is 0.357 e. The van der Waals surface area contributed by atoms with E-state index in [0.717, 1.165) is 36.5 Å². The lowest BCUT2D eigenvalue weighted by molar-refractivity contribution is -0.141. The van der Waals surface area contributed by atoms with Gasteiger partial charge in [-0.15, -0.1) is 0 Å². The predicted molar refractivity (Wildman–Crippen MR) is 120 cm³/mol. The van der Waals surface area contributed by atoms with Crippen LogP contribution >= 0.6 is 11.8 Å². The van der Waals surface area contributed by atoms with Gasteiger partial charge in [0, 0.05) is 56.7 Å². The number of amides is 1. The fourth-order valence-electron chi connectivity index (χ4n) is 3.42. The van der Waals surface area contributed by atoms with Crippen LogP contribution in [0.4, 0.5) is 19.0 Å². The topological polar surface area (TPSA) is 52.6 Å². The van der Waals surface area contributed by atoms with Gasteiger partial charge in [-0.2, -0.15) is 13.2 Å². The van der Waals surface area contributed by atoms with E-state index in [1.54, 1.807) is 17.0 Å². The van der Waals surface area contributed by atoms with Gasteiger partial charge in [0.05, 0.1) is 0 Å². The van der Waals surface area contributed by atoms with Gasteiger partial charge in [-0.05, 0) is 38.6 Å². The average Bonchev–Trinajstić information content (AvgIpc) is 2.78. The SMILES string of the molecule is CCN(CC)c1cc(C(F)(F)F)nc(SCc2ccc(C(=O)N3CCN(C)CC3)cc2)n1. The second-order valence-corrected chi connectivity index (χ2v) is 8.59. The van der Waals surface area contributed by atoms with E-state index >= 15 is 0 Å². The molecule has 1 aliphatic rings. The molecule has 1 aromatic heterocycles. The van der Waals surface area contributed by atoms with Crippen LogP contribution < -0.4 is 4.90 Å². The number of carbonyl (C=O) groups is 1. The number of anilines is 1. The van der Waals surface area contributed by atoms with Crippen LogP contribution in [0.15, 0.2) is 35.5 Å². The molecular formula is C22H28F3N5OS. The first-order valence-electron chi connectivity index (χ1n) is 10.6. The summed E-state index contributed by atoms with van der Waals surface area (Å²) in [5.41, 5.74) is 0.558. The van der Waals surface area contributed by atoms with Gasteiger partial charge in [0.15, 0.2) is 10.9 Å². The fraction of sp³-hybridized carbons (Fsp3) is 0.500. The summed E-state index contributed by atoms with van der Waals surface area (Å²) >= 11 is 1.15. The highest BCUT2D eigenvalue weighted by atomic mass is 32.2. The molecule has 32 heavy (non-hydrogen) atoms. The van der Waals surface area contributed by atoms with E-state index in [1.807, 2.05) is 37.9 Å². The number of rotatable bonds is 7. The van der Waals surface area contributed by atoms with E-state index in [9.17, 15) is 18.0 Å². The summed E-state index contributed by atoms with van der Waals surface area (Å²) < 4.78 is 40.0. The normalized spacial score (nSPS) is 15.1. The van der Waals surface area contributed by atoms with Crippen molar-refractivity contribution in [1.82, 2.24) is 19.8 Å². The van der Waals surface area contributed by atoms with E-state index in [2.05, 4.69) is 14.9 Å². The number of likely N-dealkylation sites (N-methyl/N-ethyl adjacent to an activating group) is 1.